The van der Waals surface area contributed by atoms with Crippen molar-refractivity contribution < 1.29 is 27.4 Å². The average Bonchev–Trinajstić information content (AvgIpc) is 2.26. The zero-order chi connectivity index (χ0) is 14.0. The highest BCUT2D eigenvalue weighted by Crippen LogP contribution is 2.23. The Morgan fingerprint density at radius 3 is 2.74 bits per heavy atom. The monoisotopic (exact) mass is 289 g/mol. The van der Waals surface area contributed by atoms with Crippen LogP contribution in [0.3, 0.4) is 0 Å². The van der Waals surface area contributed by atoms with Crippen LogP contribution in [0.5, 0.6) is 0 Å². The Labute approximate surface area is 109 Å². The van der Waals surface area contributed by atoms with E-state index in [4.69, 9.17) is 9.84 Å². The summed E-state index contributed by atoms with van der Waals surface area (Å²) in [5, 5.41) is 8.42. The van der Waals surface area contributed by atoms with Gasteiger partial charge in [-0.25, -0.2) is 17.6 Å². The second-order valence-electron chi connectivity index (χ2n) is 4.11. The predicted molar refractivity (Wildman–Crippen MR) is 62.5 cm³/mol. The summed E-state index contributed by atoms with van der Waals surface area (Å²) in [6, 6.07) is 4.74. The molecule has 0 atom stereocenters. The van der Waals surface area contributed by atoms with Gasteiger partial charge in [0, 0.05) is 13.1 Å². The first-order valence-electron chi connectivity index (χ1n) is 5.48. The van der Waals surface area contributed by atoms with Gasteiger partial charge in [0.25, 0.3) is 0 Å². The van der Waals surface area contributed by atoms with Crippen LogP contribution < -0.4 is 0 Å². The van der Waals surface area contributed by atoms with Gasteiger partial charge in [-0.05, 0) is 18.2 Å². The van der Waals surface area contributed by atoms with Crippen LogP contribution >= 0.6 is 0 Å². The van der Waals surface area contributed by atoms with E-state index in [1.54, 1.807) is 0 Å². The van der Waals surface area contributed by atoms with Crippen LogP contribution in [0.1, 0.15) is 0 Å². The lowest BCUT2D eigenvalue weighted by molar-refractivity contribution is -0.146. The molecular formula is C11H12FNO5S. The fourth-order valence-corrected chi connectivity index (χ4v) is 3.20. The largest absolute Gasteiger partial charge is 0.480 e. The van der Waals surface area contributed by atoms with Crippen molar-refractivity contribution in [1.82, 2.24) is 4.31 Å². The lowest BCUT2D eigenvalue weighted by atomic mass is 10.2. The first kappa shape index (κ1) is 13.9. The van der Waals surface area contributed by atoms with Gasteiger partial charge in [0.2, 0.25) is 10.0 Å². The molecule has 0 unspecified atom stereocenters. The number of halogens is 1. The zero-order valence-corrected chi connectivity index (χ0v) is 10.6. The Morgan fingerprint density at radius 1 is 1.47 bits per heavy atom. The minimum Gasteiger partial charge on any atom is -0.480 e. The van der Waals surface area contributed by atoms with E-state index in [1.807, 2.05) is 0 Å². The maximum Gasteiger partial charge on any atom is 0.329 e. The topological polar surface area (TPSA) is 83.9 Å². The Balaban J connectivity index is 1.98. The molecule has 1 heterocycles. The van der Waals surface area contributed by atoms with Gasteiger partial charge in [-0.1, -0.05) is 6.07 Å². The van der Waals surface area contributed by atoms with E-state index < -0.39 is 34.5 Å². The molecule has 8 heteroatoms. The number of aliphatic carboxylic acids is 1. The second-order valence-corrected chi connectivity index (χ2v) is 6.04. The Hall–Kier alpha value is -1.51. The predicted octanol–water partition coefficient (Wildman–Crippen LogP) is 0.300. The number of ether oxygens (including phenoxy) is 1. The van der Waals surface area contributed by atoms with Gasteiger partial charge in [0.15, 0.2) is 0 Å². The van der Waals surface area contributed by atoms with E-state index in [-0.39, 0.29) is 18.0 Å². The van der Waals surface area contributed by atoms with Gasteiger partial charge in [0.05, 0.1) is 11.0 Å². The van der Waals surface area contributed by atoms with Gasteiger partial charge in [0.1, 0.15) is 12.4 Å². The van der Waals surface area contributed by atoms with Crippen molar-refractivity contribution in [3.63, 3.8) is 0 Å². The van der Waals surface area contributed by atoms with Crippen molar-refractivity contribution >= 4 is 16.0 Å². The molecule has 6 nitrogen and oxygen atoms in total. The average molecular weight is 289 g/mol. The van der Waals surface area contributed by atoms with Crippen LogP contribution in [-0.4, -0.2) is 49.6 Å². The quantitative estimate of drug-likeness (QED) is 0.843. The van der Waals surface area contributed by atoms with Crippen molar-refractivity contribution in [3.05, 3.63) is 30.1 Å². The number of hydrogen-bond acceptors (Lipinski definition) is 4. The highest BCUT2D eigenvalue weighted by molar-refractivity contribution is 7.89. The lowest BCUT2D eigenvalue weighted by Gasteiger charge is -2.37. The normalized spacial score (nSPS) is 17.1. The third kappa shape index (κ3) is 3.09. The van der Waals surface area contributed by atoms with Crippen LogP contribution in [-0.2, 0) is 19.6 Å². The molecule has 1 N–H and O–H groups in total. The minimum absolute atomic E-state index is 0.0755. The van der Waals surface area contributed by atoms with Gasteiger partial charge < -0.3 is 9.84 Å². The van der Waals surface area contributed by atoms with Crippen LogP contribution in [0.25, 0.3) is 0 Å². The smallest absolute Gasteiger partial charge is 0.329 e. The molecule has 104 valence electrons. The van der Waals surface area contributed by atoms with Crippen molar-refractivity contribution in [1.29, 1.82) is 0 Å². The van der Waals surface area contributed by atoms with Crippen molar-refractivity contribution in [2.75, 3.05) is 19.7 Å². The van der Waals surface area contributed by atoms with Crippen molar-refractivity contribution in [3.8, 4) is 0 Å². The van der Waals surface area contributed by atoms with Crippen LogP contribution in [0.15, 0.2) is 29.2 Å². The molecule has 1 aromatic carbocycles. The number of carboxylic acid groups (broad SMARTS) is 1. The van der Waals surface area contributed by atoms with Crippen molar-refractivity contribution in [2.24, 2.45) is 0 Å². The number of benzene rings is 1. The highest BCUT2D eigenvalue weighted by Gasteiger charge is 2.37. The summed E-state index contributed by atoms with van der Waals surface area (Å²) >= 11 is 0. The van der Waals surface area contributed by atoms with Crippen LogP contribution in [0, 0.1) is 5.82 Å². The molecular weight excluding hydrogens is 277 g/mol. The molecule has 1 aliphatic heterocycles. The molecule has 1 saturated heterocycles. The second kappa shape index (κ2) is 5.24. The number of rotatable bonds is 5. The van der Waals surface area contributed by atoms with Gasteiger partial charge in [-0.3, -0.25) is 0 Å². The number of sulfonamides is 1. The summed E-state index contributed by atoms with van der Waals surface area (Å²) in [7, 11) is -3.73. The first-order chi connectivity index (χ1) is 8.89. The molecule has 2 rings (SSSR count). The third-order valence-corrected chi connectivity index (χ3v) is 4.52. The maximum atomic E-state index is 13.0. The fraction of sp³-hybridized carbons (Fsp3) is 0.364. The zero-order valence-electron chi connectivity index (χ0n) is 9.82. The van der Waals surface area contributed by atoms with E-state index in [9.17, 15) is 17.6 Å². The summed E-state index contributed by atoms with van der Waals surface area (Å²) in [4.78, 5) is 10.2. The van der Waals surface area contributed by atoms with E-state index >= 15 is 0 Å². The van der Waals surface area contributed by atoms with Gasteiger partial charge in [-0.2, -0.15) is 4.31 Å². The fourth-order valence-electron chi connectivity index (χ4n) is 1.67. The highest BCUT2D eigenvalue weighted by atomic mass is 32.2. The Kier molecular flexibility index (Phi) is 3.83. The molecule has 1 aromatic rings. The molecule has 0 radical (unpaired) electrons. The summed E-state index contributed by atoms with van der Waals surface area (Å²) in [5.74, 6) is -1.73. The molecule has 19 heavy (non-hydrogen) atoms. The standard InChI is InChI=1S/C11H12FNO5S/c12-8-2-1-3-10(4-8)19(16,17)13-5-9(6-13)18-7-11(14)15/h1-4,9H,5-7H2,(H,14,15). The summed E-state index contributed by atoms with van der Waals surface area (Å²) < 4.78 is 43.1. The molecule has 0 saturated carbocycles. The SMILES string of the molecule is O=C(O)COC1CN(S(=O)(=O)c2cccc(F)c2)C1. The number of nitrogens with zero attached hydrogens (tertiary/aromatic N) is 1. The maximum absolute atomic E-state index is 13.0. The number of carboxylic acids is 1. The number of carbonyl (C=O) groups is 1. The van der Waals surface area contributed by atoms with E-state index in [0.29, 0.717) is 0 Å². The third-order valence-electron chi connectivity index (χ3n) is 2.69. The van der Waals surface area contributed by atoms with Crippen molar-refractivity contribution in [2.45, 2.75) is 11.0 Å². The minimum atomic E-state index is -3.73. The van der Waals surface area contributed by atoms with Crippen LogP contribution in [0.2, 0.25) is 0 Å². The molecule has 1 fully saturated rings. The van der Waals surface area contributed by atoms with E-state index in [0.717, 1.165) is 16.4 Å². The summed E-state index contributed by atoms with van der Waals surface area (Å²) in [6.45, 7) is -0.309. The number of hydrogen-bond donors (Lipinski definition) is 1. The Bertz CT molecular complexity index is 583. The molecule has 0 bridgehead atoms. The molecule has 0 aliphatic carbocycles. The Morgan fingerprint density at radius 2 is 2.16 bits per heavy atom. The molecule has 0 aromatic heterocycles. The first-order valence-corrected chi connectivity index (χ1v) is 6.93. The molecule has 1 aliphatic rings. The lowest BCUT2D eigenvalue weighted by Crippen LogP contribution is -2.54. The molecule has 0 spiro atoms. The van der Waals surface area contributed by atoms with E-state index in [2.05, 4.69) is 0 Å². The van der Waals surface area contributed by atoms with Gasteiger partial charge >= 0.3 is 5.97 Å². The van der Waals surface area contributed by atoms with Crippen LogP contribution in [0.4, 0.5) is 4.39 Å². The van der Waals surface area contributed by atoms with Gasteiger partial charge in [-0.15, -0.1) is 0 Å². The summed E-state index contributed by atoms with van der Waals surface area (Å²) in [5.41, 5.74) is 0. The molecule has 0 amide bonds. The summed E-state index contributed by atoms with van der Waals surface area (Å²) in [6.07, 6.45) is -0.431. The van der Waals surface area contributed by atoms with E-state index in [1.165, 1.54) is 12.1 Å².